The van der Waals surface area contributed by atoms with Gasteiger partial charge in [0.25, 0.3) is 0 Å². The largest absolute Gasteiger partial charge is 0.207 e. The number of benzene rings is 1. The number of hydrogen-bond acceptors (Lipinski definition) is 3. The molecule has 0 amide bonds. The van der Waals surface area contributed by atoms with E-state index in [9.17, 15) is 9.30 Å². The van der Waals surface area contributed by atoms with Gasteiger partial charge in [-0.15, -0.1) is 4.91 Å². The molecule has 0 aliphatic carbocycles. The average Bonchev–Trinajstić information content (AvgIpc) is 2.03. The first-order valence-electron chi connectivity index (χ1n) is 2.80. The highest BCUT2D eigenvalue weighted by Crippen LogP contribution is 2.15. The van der Waals surface area contributed by atoms with Gasteiger partial charge in [-0.1, -0.05) is 0 Å². The third kappa shape index (κ3) is 1.58. The van der Waals surface area contributed by atoms with Crippen LogP contribution in [-0.2, 0) is 0 Å². The van der Waals surface area contributed by atoms with E-state index in [4.69, 9.17) is 5.26 Å². The fraction of sp³-hybridized carbons (Fsp3) is 0. The van der Waals surface area contributed by atoms with E-state index in [1.807, 2.05) is 0 Å². The normalized spacial score (nSPS) is 8.73. The van der Waals surface area contributed by atoms with Crippen molar-refractivity contribution in [2.75, 3.05) is 0 Å². The Balaban J connectivity index is 3.25. The predicted molar refractivity (Wildman–Crippen MR) is 36.6 cm³/mol. The standard InChI is InChI=1S/C7H3FN2O/c8-6-1-5(4-9)2-7(3-6)10-11/h1-3H. The molecule has 0 unspecified atom stereocenters. The van der Waals surface area contributed by atoms with Crippen LogP contribution in [0.3, 0.4) is 0 Å². The molecule has 0 fully saturated rings. The van der Waals surface area contributed by atoms with Gasteiger partial charge < -0.3 is 0 Å². The Kier molecular flexibility index (Phi) is 1.93. The van der Waals surface area contributed by atoms with Crippen molar-refractivity contribution in [1.82, 2.24) is 0 Å². The molecule has 54 valence electrons. The zero-order chi connectivity index (χ0) is 8.27. The van der Waals surface area contributed by atoms with Gasteiger partial charge in [0, 0.05) is 6.07 Å². The lowest BCUT2D eigenvalue weighted by atomic mass is 10.2. The number of hydrogen-bond donors (Lipinski definition) is 0. The Morgan fingerprint density at radius 2 is 2.18 bits per heavy atom. The van der Waals surface area contributed by atoms with E-state index in [0.717, 1.165) is 12.1 Å². The van der Waals surface area contributed by atoms with Gasteiger partial charge in [-0.3, -0.25) is 0 Å². The molecule has 1 rings (SSSR count). The van der Waals surface area contributed by atoms with E-state index in [-0.39, 0.29) is 11.3 Å². The van der Waals surface area contributed by atoms with Crippen LogP contribution in [0.4, 0.5) is 10.1 Å². The summed E-state index contributed by atoms with van der Waals surface area (Å²) < 4.78 is 12.5. The summed E-state index contributed by atoms with van der Waals surface area (Å²) in [4.78, 5) is 9.90. The van der Waals surface area contributed by atoms with Crippen molar-refractivity contribution in [3.05, 3.63) is 34.5 Å². The van der Waals surface area contributed by atoms with Gasteiger partial charge in [0.15, 0.2) is 0 Å². The van der Waals surface area contributed by atoms with Crippen LogP contribution < -0.4 is 0 Å². The minimum absolute atomic E-state index is 0.0680. The second-order valence-corrected chi connectivity index (χ2v) is 1.90. The first-order valence-corrected chi connectivity index (χ1v) is 2.80. The summed E-state index contributed by atoms with van der Waals surface area (Å²) in [6.07, 6.45) is 0. The molecule has 0 heterocycles. The lowest BCUT2D eigenvalue weighted by Gasteiger charge is -1.90. The second kappa shape index (κ2) is 2.88. The first kappa shape index (κ1) is 7.35. The van der Waals surface area contributed by atoms with Crippen molar-refractivity contribution in [2.24, 2.45) is 5.18 Å². The summed E-state index contributed by atoms with van der Waals surface area (Å²) in [7, 11) is 0. The molecule has 0 saturated carbocycles. The van der Waals surface area contributed by atoms with Gasteiger partial charge in [-0.2, -0.15) is 5.26 Å². The molecular weight excluding hydrogens is 147 g/mol. The Bertz CT molecular complexity index is 330. The molecule has 11 heavy (non-hydrogen) atoms. The number of nitroso groups, excluding NO2 is 1. The molecule has 0 aliphatic heterocycles. The summed E-state index contributed by atoms with van der Waals surface area (Å²) >= 11 is 0. The van der Waals surface area contributed by atoms with Crippen molar-refractivity contribution in [3.8, 4) is 6.07 Å². The van der Waals surface area contributed by atoms with Crippen LogP contribution in [0.25, 0.3) is 0 Å². The van der Waals surface area contributed by atoms with E-state index < -0.39 is 5.82 Å². The van der Waals surface area contributed by atoms with Crippen LogP contribution in [0.1, 0.15) is 5.56 Å². The molecule has 0 bridgehead atoms. The maximum atomic E-state index is 12.5. The van der Waals surface area contributed by atoms with Crippen LogP contribution in [0.15, 0.2) is 23.4 Å². The summed E-state index contributed by atoms with van der Waals surface area (Å²) in [6.45, 7) is 0. The molecule has 0 N–H and O–H groups in total. The monoisotopic (exact) mass is 150 g/mol. The van der Waals surface area contributed by atoms with Crippen molar-refractivity contribution in [1.29, 1.82) is 5.26 Å². The smallest absolute Gasteiger partial charge is 0.126 e. The minimum Gasteiger partial charge on any atom is -0.207 e. The number of nitriles is 1. The van der Waals surface area contributed by atoms with Crippen LogP contribution in [0.5, 0.6) is 0 Å². The Hall–Kier alpha value is -1.76. The van der Waals surface area contributed by atoms with Gasteiger partial charge in [-0.25, -0.2) is 4.39 Å². The third-order valence-electron chi connectivity index (χ3n) is 1.12. The Morgan fingerprint density at radius 3 is 2.73 bits per heavy atom. The van der Waals surface area contributed by atoms with E-state index in [2.05, 4.69) is 5.18 Å². The van der Waals surface area contributed by atoms with Crippen LogP contribution >= 0.6 is 0 Å². The van der Waals surface area contributed by atoms with Crippen LogP contribution in [0, 0.1) is 22.1 Å². The molecule has 0 aliphatic rings. The highest BCUT2D eigenvalue weighted by Gasteiger charge is 1.98. The lowest BCUT2D eigenvalue weighted by Crippen LogP contribution is -1.77. The van der Waals surface area contributed by atoms with Gasteiger partial charge in [0.05, 0.1) is 11.6 Å². The van der Waals surface area contributed by atoms with Crippen molar-refractivity contribution >= 4 is 5.69 Å². The number of halogens is 1. The molecule has 3 nitrogen and oxygen atoms in total. The molecule has 4 heteroatoms. The zero-order valence-electron chi connectivity index (χ0n) is 5.41. The number of rotatable bonds is 1. The molecule has 0 spiro atoms. The summed E-state index contributed by atoms with van der Waals surface area (Å²) in [5, 5.41) is 10.8. The fourth-order valence-electron chi connectivity index (χ4n) is 0.691. The van der Waals surface area contributed by atoms with Crippen molar-refractivity contribution < 1.29 is 4.39 Å². The van der Waals surface area contributed by atoms with E-state index >= 15 is 0 Å². The van der Waals surface area contributed by atoms with E-state index in [1.165, 1.54) is 6.07 Å². The summed E-state index contributed by atoms with van der Waals surface area (Å²) in [5.74, 6) is -0.626. The average molecular weight is 150 g/mol. The molecule has 0 radical (unpaired) electrons. The van der Waals surface area contributed by atoms with Crippen molar-refractivity contribution in [2.45, 2.75) is 0 Å². The van der Waals surface area contributed by atoms with Gasteiger partial charge in [0.2, 0.25) is 0 Å². The molecule has 0 aromatic heterocycles. The highest BCUT2D eigenvalue weighted by molar-refractivity contribution is 5.44. The van der Waals surface area contributed by atoms with E-state index in [0.29, 0.717) is 0 Å². The van der Waals surface area contributed by atoms with E-state index in [1.54, 1.807) is 6.07 Å². The van der Waals surface area contributed by atoms with Gasteiger partial charge in [-0.05, 0) is 17.3 Å². The quantitative estimate of drug-likeness (QED) is 0.575. The predicted octanol–water partition coefficient (Wildman–Crippen LogP) is 2.10. The van der Waals surface area contributed by atoms with Gasteiger partial charge in [0.1, 0.15) is 11.5 Å². The SMILES string of the molecule is N#Cc1cc(F)cc(N=O)c1. The van der Waals surface area contributed by atoms with Gasteiger partial charge >= 0.3 is 0 Å². The summed E-state index contributed by atoms with van der Waals surface area (Å²) in [5.41, 5.74) is 0.0288. The highest BCUT2D eigenvalue weighted by atomic mass is 19.1. The Morgan fingerprint density at radius 1 is 1.45 bits per heavy atom. The second-order valence-electron chi connectivity index (χ2n) is 1.90. The maximum Gasteiger partial charge on any atom is 0.126 e. The minimum atomic E-state index is -0.626. The number of nitrogens with zero attached hydrogens (tertiary/aromatic N) is 2. The Labute approximate surface area is 62.0 Å². The lowest BCUT2D eigenvalue weighted by molar-refractivity contribution is 0.627. The van der Waals surface area contributed by atoms with Crippen LogP contribution in [-0.4, -0.2) is 0 Å². The fourth-order valence-corrected chi connectivity index (χ4v) is 0.691. The zero-order valence-corrected chi connectivity index (χ0v) is 5.41. The maximum absolute atomic E-state index is 12.5. The van der Waals surface area contributed by atoms with Crippen LogP contribution in [0.2, 0.25) is 0 Å². The molecule has 1 aromatic carbocycles. The molecule has 0 saturated heterocycles. The first-order chi connectivity index (χ1) is 5.26. The summed E-state index contributed by atoms with van der Waals surface area (Å²) in [6, 6.07) is 4.92. The third-order valence-corrected chi connectivity index (χ3v) is 1.12. The topological polar surface area (TPSA) is 53.2 Å². The molecule has 0 atom stereocenters. The van der Waals surface area contributed by atoms with Crippen molar-refractivity contribution in [3.63, 3.8) is 0 Å². The molecule has 1 aromatic rings. The molecular formula is C7H3FN2O.